The normalized spacial score (nSPS) is 23.6. The summed E-state index contributed by atoms with van der Waals surface area (Å²) in [5.41, 5.74) is -3.10. The van der Waals surface area contributed by atoms with E-state index in [2.05, 4.69) is 33.2 Å². The number of carbonyl (C=O) groups is 8. The highest BCUT2D eigenvalue weighted by molar-refractivity contribution is 5.99. The number of hydrogen-bond acceptors (Lipinski definition) is 13. The van der Waals surface area contributed by atoms with Gasteiger partial charge in [0.25, 0.3) is 0 Å². The number of fused-ring (bicyclic) bond motifs is 1. The molecule has 1 saturated heterocycles. The summed E-state index contributed by atoms with van der Waals surface area (Å²) in [5, 5.41) is 67.6. The van der Waals surface area contributed by atoms with Crippen molar-refractivity contribution in [1.82, 2.24) is 41.0 Å². The fraction of sp³-hybridized carbons (Fsp3) is 0.519. The standard InChI is InChI=1S/C54H75N9O14/c1-12-14-18-36-45(66)59-39(26-34-28-62(53(8,13-2)29-64)40-19-16-15-17-35(34)40)51(72)60(10)42(23-31(5)6)48(69)58-38(24-33-20-21-44(65)41(25-33)63(76)77)46(67)55-32(7)50(71)61(11)43(27-54(9,75)52(73)74)49(70)57-37(22-30(3)4)47(68)56-36/h12-17,19-21,25,28,30-32,36-39,42-43,64-65,75H,2,18,22-24,26-27,29H2,1,3-11H3,(H,55,67)(H,56,68)(H,57,70)(H,58,69)(H,59,66)(H,73,74)/b14-12+/t32-,36-,37-,38-,39-,42-,43-,53+,54+/m0/s1. The first-order valence-corrected chi connectivity index (χ1v) is 25.4. The van der Waals surface area contributed by atoms with Crippen LogP contribution >= 0.6 is 0 Å². The number of amides is 7. The smallest absolute Gasteiger partial charge is 0.335 e. The fourth-order valence-electron chi connectivity index (χ4n) is 9.06. The molecule has 2 heterocycles. The van der Waals surface area contributed by atoms with E-state index in [0.29, 0.717) is 16.5 Å². The Bertz CT molecular complexity index is 2740. The van der Waals surface area contributed by atoms with E-state index in [1.807, 2.05) is 6.07 Å². The van der Waals surface area contributed by atoms with Gasteiger partial charge in [0.2, 0.25) is 41.4 Å². The topological polar surface area (TPSA) is 332 Å². The molecule has 23 heteroatoms. The number of aromatic hydroxyl groups is 1. The summed E-state index contributed by atoms with van der Waals surface area (Å²) in [7, 11) is 2.47. The number of likely N-dealkylation sites (N-methyl/N-ethyl adjacent to an activating group) is 2. The van der Waals surface area contributed by atoms with Crippen molar-refractivity contribution >= 4 is 63.9 Å². The van der Waals surface area contributed by atoms with Crippen LogP contribution in [0.1, 0.15) is 92.2 Å². The molecule has 23 nitrogen and oxygen atoms in total. The summed E-state index contributed by atoms with van der Waals surface area (Å²) in [6.07, 6.45) is 4.75. The van der Waals surface area contributed by atoms with Crippen molar-refractivity contribution in [1.29, 1.82) is 0 Å². The number of aliphatic carboxylic acids is 1. The summed E-state index contributed by atoms with van der Waals surface area (Å²) >= 11 is 0. The number of aromatic nitrogens is 1. The first kappa shape index (κ1) is 61.9. The van der Waals surface area contributed by atoms with E-state index in [0.717, 1.165) is 35.9 Å². The summed E-state index contributed by atoms with van der Waals surface area (Å²) in [6.45, 7) is 16.2. The molecule has 0 aliphatic carbocycles. The van der Waals surface area contributed by atoms with Gasteiger partial charge in [-0.15, -0.1) is 6.58 Å². The van der Waals surface area contributed by atoms with Crippen molar-refractivity contribution in [3.63, 3.8) is 0 Å². The number of benzene rings is 2. The number of nitro groups is 1. The number of carbonyl (C=O) groups excluding carboxylic acids is 7. The van der Waals surface area contributed by atoms with Crippen LogP contribution in [0.2, 0.25) is 0 Å². The van der Waals surface area contributed by atoms with Crippen LogP contribution in [0.3, 0.4) is 0 Å². The van der Waals surface area contributed by atoms with Crippen LogP contribution in [-0.2, 0) is 56.7 Å². The number of hydrogen-bond donors (Lipinski definition) is 9. The molecule has 1 fully saturated rings. The zero-order valence-electron chi connectivity index (χ0n) is 45.4. The predicted octanol–water partition coefficient (Wildman–Crippen LogP) is 2.33. The van der Waals surface area contributed by atoms with Gasteiger partial charge >= 0.3 is 11.7 Å². The van der Waals surface area contributed by atoms with Gasteiger partial charge in [-0.1, -0.05) is 70.2 Å². The average Bonchev–Trinajstić information content (AvgIpc) is 3.75. The van der Waals surface area contributed by atoms with Crippen LogP contribution in [0, 0.1) is 22.0 Å². The van der Waals surface area contributed by atoms with Gasteiger partial charge in [0, 0.05) is 56.5 Å². The molecule has 3 aromatic rings. The number of aliphatic hydroxyl groups excluding tert-OH is 1. The molecule has 9 N–H and O–H groups in total. The van der Waals surface area contributed by atoms with Gasteiger partial charge in [0.05, 0.1) is 17.1 Å². The van der Waals surface area contributed by atoms with Gasteiger partial charge in [-0.2, -0.15) is 0 Å². The number of aliphatic hydroxyl groups is 2. The van der Waals surface area contributed by atoms with Crippen LogP contribution in [0.4, 0.5) is 5.69 Å². The number of carboxylic acid groups (broad SMARTS) is 1. The second-order valence-corrected chi connectivity index (χ2v) is 21.0. The Hall–Kier alpha value is -7.66. The maximum absolute atomic E-state index is 15.3. The highest BCUT2D eigenvalue weighted by Crippen LogP contribution is 2.31. The zero-order chi connectivity index (χ0) is 57.9. The number of phenolic OH excluding ortho intramolecular Hbond substituents is 1. The van der Waals surface area contributed by atoms with E-state index in [-0.39, 0.29) is 49.7 Å². The highest BCUT2D eigenvalue weighted by atomic mass is 16.6. The molecule has 0 bridgehead atoms. The molecule has 2 aromatic carbocycles. The minimum absolute atomic E-state index is 0.0132. The lowest BCUT2D eigenvalue weighted by Crippen LogP contribution is -2.61. The Morgan fingerprint density at radius 3 is 1.94 bits per heavy atom. The number of nitro benzene ring substituents is 1. The number of allylic oxidation sites excluding steroid dienone is 1. The monoisotopic (exact) mass is 1070 g/mol. The van der Waals surface area contributed by atoms with Crippen LogP contribution in [0.15, 0.2) is 73.5 Å². The quantitative estimate of drug-likeness (QED) is 0.0533. The Labute approximate surface area is 447 Å². The van der Waals surface area contributed by atoms with E-state index in [1.165, 1.54) is 20.0 Å². The predicted molar refractivity (Wildman–Crippen MR) is 285 cm³/mol. The summed E-state index contributed by atoms with van der Waals surface area (Å²) in [6, 6.07) is -0.238. The van der Waals surface area contributed by atoms with E-state index < -0.39 is 130 Å². The van der Waals surface area contributed by atoms with E-state index >= 15 is 4.79 Å². The number of nitrogens with one attached hydrogen (secondary N) is 5. The van der Waals surface area contributed by atoms with Gasteiger partial charge < -0.3 is 61.4 Å². The summed E-state index contributed by atoms with van der Waals surface area (Å²) < 4.78 is 1.79. The SMILES string of the molecule is C=C[C@](C)(CO)n1cc(C[C@@H]2NC(=O)[C@H](C/C=C/C)NC(=O)[C@H](CC(C)C)NC(=O)[C@H](C[C@@](C)(O)C(=O)O)N(C)C(=O)[C@H](C)NC(=O)[C@H](Cc3ccc(O)c([N+](=O)[O-])c3)NC(=O)[C@H](CC(C)C)N(C)C2=O)c2ccccc21. The number of para-hydroxylation sites is 1. The van der Waals surface area contributed by atoms with Crippen LogP contribution in [0.5, 0.6) is 5.75 Å². The average molecular weight is 1070 g/mol. The lowest BCUT2D eigenvalue weighted by molar-refractivity contribution is -0.385. The van der Waals surface area contributed by atoms with E-state index in [9.17, 15) is 64.1 Å². The second kappa shape index (κ2) is 26.4. The molecule has 0 saturated carbocycles. The van der Waals surface area contributed by atoms with Gasteiger partial charge in [-0.3, -0.25) is 43.7 Å². The molecule has 0 radical (unpaired) electrons. The summed E-state index contributed by atoms with van der Waals surface area (Å²) in [5.74, 6) is -9.50. The Morgan fingerprint density at radius 1 is 0.792 bits per heavy atom. The van der Waals surface area contributed by atoms with Gasteiger partial charge in [0.1, 0.15) is 42.3 Å². The largest absolute Gasteiger partial charge is 0.502 e. The molecule has 77 heavy (non-hydrogen) atoms. The van der Waals surface area contributed by atoms with Gasteiger partial charge in [-0.05, 0) is 82.1 Å². The Kier molecular flexibility index (Phi) is 21.2. The molecule has 1 aliphatic heterocycles. The van der Waals surface area contributed by atoms with Crippen LogP contribution < -0.4 is 26.6 Å². The lowest BCUT2D eigenvalue weighted by atomic mass is 9.94. The van der Waals surface area contributed by atoms with Crippen molar-refractivity contribution in [2.45, 2.75) is 147 Å². The molecular weight excluding hydrogens is 999 g/mol. The highest BCUT2D eigenvalue weighted by Gasteiger charge is 2.43. The number of carboxylic acids is 1. The number of rotatable bonds is 17. The lowest BCUT2D eigenvalue weighted by Gasteiger charge is -2.34. The molecular formula is C54H75N9O14. The first-order chi connectivity index (χ1) is 36.0. The fourth-order valence-corrected chi connectivity index (χ4v) is 9.06. The molecule has 0 spiro atoms. The van der Waals surface area contributed by atoms with Gasteiger partial charge in [0.15, 0.2) is 11.4 Å². The molecule has 420 valence electrons. The zero-order valence-corrected chi connectivity index (χ0v) is 45.4. The van der Waals surface area contributed by atoms with Crippen molar-refractivity contribution in [3.05, 3.63) is 94.7 Å². The maximum atomic E-state index is 15.3. The molecule has 4 rings (SSSR count). The maximum Gasteiger partial charge on any atom is 0.335 e. The van der Waals surface area contributed by atoms with E-state index in [4.69, 9.17) is 0 Å². The minimum atomic E-state index is -2.63. The third kappa shape index (κ3) is 15.5. The first-order valence-electron chi connectivity index (χ1n) is 25.4. The summed E-state index contributed by atoms with van der Waals surface area (Å²) in [4.78, 5) is 128. The van der Waals surface area contributed by atoms with Crippen molar-refractivity contribution in [2.75, 3.05) is 20.7 Å². The third-order valence-corrected chi connectivity index (χ3v) is 13.7. The second-order valence-electron chi connectivity index (χ2n) is 21.0. The molecule has 1 aromatic heterocycles. The van der Waals surface area contributed by atoms with E-state index in [1.54, 1.807) is 88.7 Å². The van der Waals surface area contributed by atoms with Crippen molar-refractivity contribution in [3.8, 4) is 5.75 Å². The molecule has 7 amide bonds. The van der Waals surface area contributed by atoms with Crippen LogP contribution in [0.25, 0.3) is 10.9 Å². The van der Waals surface area contributed by atoms with Crippen molar-refractivity contribution in [2.24, 2.45) is 11.8 Å². The minimum Gasteiger partial charge on any atom is -0.502 e. The Balaban J connectivity index is 2.01. The Morgan fingerprint density at radius 2 is 1.35 bits per heavy atom. The molecule has 9 atom stereocenters. The third-order valence-electron chi connectivity index (χ3n) is 13.7. The van der Waals surface area contributed by atoms with Gasteiger partial charge in [-0.25, -0.2) is 4.79 Å². The van der Waals surface area contributed by atoms with Crippen molar-refractivity contribution < 1.29 is 63.7 Å². The van der Waals surface area contributed by atoms with Crippen LogP contribution in [-0.4, -0.2) is 156 Å². The number of nitrogens with zero attached hydrogens (tertiary/aromatic N) is 4. The molecule has 0 unspecified atom stereocenters. The molecule has 1 aliphatic rings. The number of phenols is 1.